The lowest BCUT2D eigenvalue weighted by atomic mass is 9.83. The number of hydrogen-bond donors (Lipinski definition) is 2. The van der Waals surface area contributed by atoms with Crippen molar-refractivity contribution in [2.75, 3.05) is 6.61 Å². The minimum atomic E-state index is -3.79. The van der Waals surface area contributed by atoms with E-state index in [1.807, 2.05) is 0 Å². The molecule has 3 aromatic heterocycles. The summed E-state index contributed by atoms with van der Waals surface area (Å²) in [7, 11) is -3.79. The van der Waals surface area contributed by atoms with Crippen LogP contribution in [0.15, 0.2) is 53.7 Å². The van der Waals surface area contributed by atoms with Crippen molar-refractivity contribution in [2.45, 2.75) is 42.2 Å². The summed E-state index contributed by atoms with van der Waals surface area (Å²) in [4.78, 5) is 4.54. The van der Waals surface area contributed by atoms with Crippen LogP contribution in [0, 0.1) is 0 Å². The van der Waals surface area contributed by atoms with Crippen molar-refractivity contribution in [3.8, 4) is 0 Å². The summed E-state index contributed by atoms with van der Waals surface area (Å²) >= 11 is 0. The van der Waals surface area contributed by atoms with Gasteiger partial charge in [-0.15, -0.1) is 5.10 Å². The molecule has 1 aliphatic rings. The molecular formula is C20H21N5O4S. The second kappa shape index (κ2) is 6.86. The quantitative estimate of drug-likeness (QED) is 0.509. The van der Waals surface area contributed by atoms with Gasteiger partial charge in [0.25, 0.3) is 10.0 Å². The fraction of sp³-hybridized carbons (Fsp3) is 0.350. The summed E-state index contributed by atoms with van der Waals surface area (Å²) in [5, 5.41) is 28.9. The molecule has 2 N–H and O–H groups in total. The Morgan fingerprint density at radius 2 is 1.87 bits per heavy atom. The Balaban J connectivity index is 1.61. The highest BCUT2D eigenvalue weighted by molar-refractivity contribution is 7.90. The number of aliphatic hydroxyl groups is 2. The van der Waals surface area contributed by atoms with E-state index in [9.17, 15) is 18.6 Å². The minimum Gasteiger partial charge on any atom is -0.393 e. The minimum absolute atomic E-state index is 0.00139. The van der Waals surface area contributed by atoms with Gasteiger partial charge in [0.2, 0.25) is 0 Å². The molecule has 9 nitrogen and oxygen atoms in total. The Hall–Kier alpha value is -2.82. The Kier molecular flexibility index (Phi) is 4.38. The molecule has 156 valence electrons. The maximum Gasteiger partial charge on any atom is 0.269 e. The molecule has 5 rings (SSSR count). The Morgan fingerprint density at radius 1 is 1.13 bits per heavy atom. The van der Waals surface area contributed by atoms with Crippen LogP contribution in [0.4, 0.5) is 0 Å². The third kappa shape index (κ3) is 2.91. The molecule has 0 radical (unpaired) electrons. The van der Waals surface area contributed by atoms with Gasteiger partial charge in [0.15, 0.2) is 5.65 Å². The zero-order chi connectivity index (χ0) is 20.9. The van der Waals surface area contributed by atoms with Gasteiger partial charge in [-0.3, -0.25) is 0 Å². The molecule has 0 atom stereocenters. The predicted octanol–water partition coefficient (Wildman–Crippen LogP) is 1.86. The molecule has 0 spiro atoms. The van der Waals surface area contributed by atoms with E-state index >= 15 is 0 Å². The molecule has 0 unspecified atom stereocenters. The molecule has 3 heterocycles. The predicted molar refractivity (Wildman–Crippen MR) is 109 cm³/mol. The highest BCUT2D eigenvalue weighted by Gasteiger charge is 2.34. The molecule has 1 aliphatic carbocycles. The summed E-state index contributed by atoms with van der Waals surface area (Å²) in [6.07, 6.45) is 5.25. The number of aliphatic hydroxyl groups excluding tert-OH is 1. The third-order valence-electron chi connectivity index (χ3n) is 5.94. The molecule has 1 saturated carbocycles. The Labute approximate surface area is 172 Å². The fourth-order valence-corrected chi connectivity index (χ4v) is 5.51. The van der Waals surface area contributed by atoms with Gasteiger partial charge in [0, 0.05) is 11.6 Å². The van der Waals surface area contributed by atoms with Crippen molar-refractivity contribution >= 4 is 32.1 Å². The normalized spacial score (nSPS) is 22.7. The molecule has 1 fully saturated rings. The Bertz CT molecular complexity index is 1320. The molecule has 0 amide bonds. The number of hydrogen-bond acceptors (Lipinski definition) is 7. The first kappa shape index (κ1) is 19.2. The van der Waals surface area contributed by atoms with E-state index in [0.29, 0.717) is 42.2 Å². The van der Waals surface area contributed by atoms with Crippen molar-refractivity contribution in [1.82, 2.24) is 24.0 Å². The van der Waals surface area contributed by atoms with Crippen molar-refractivity contribution < 1.29 is 18.6 Å². The van der Waals surface area contributed by atoms with Gasteiger partial charge in [-0.1, -0.05) is 23.4 Å². The zero-order valence-electron chi connectivity index (χ0n) is 16.1. The van der Waals surface area contributed by atoms with Gasteiger partial charge >= 0.3 is 0 Å². The van der Waals surface area contributed by atoms with Crippen LogP contribution in [0.2, 0.25) is 0 Å². The highest BCUT2D eigenvalue weighted by atomic mass is 32.2. The van der Waals surface area contributed by atoms with E-state index in [2.05, 4.69) is 15.3 Å². The smallest absolute Gasteiger partial charge is 0.269 e. The van der Waals surface area contributed by atoms with Gasteiger partial charge in [0.1, 0.15) is 11.0 Å². The van der Waals surface area contributed by atoms with Crippen molar-refractivity contribution in [1.29, 1.82) is 0 Å². The summed E-state index contributed by atoms with van der Waals surface area (Å²) in [5.41, 5.74) is 0.580. The second-order valence-electron chi connectivity index (χ2n) is 7.81. The summed E-state index contributed by atoms with van der Waals surface area (Å²) < 4.78 is 29.2. The topological polar surface area (TPSA) is 123 Å². The van der Waals surface area contributed by atoms with Gasteiger partial charge in [-0.2, -0.15) is 0 Å². The van der Waals surface area contributed by atoms with Crippen LogP contribution in [0.5, 0.6) is 0 Å². The van der Waals surface area contributed by atoms with Crippen LogP contribution in [-0.2, 0) is 10.0 Å². The maximum absolute atomic E-state index is 13.1. The first-order valence-corrected chi connectivity index (χ1v) is 11.2. The molecular weight excluding hydrogens is 406 g/mol. The van der Waals surface area contributed by atoms with E-state index in [-0.39, 0.29) is 17.5 Å². The van der Waals surface area contributed by atoms with E-state index in [1.165, 1.54) is 16.4 Å². The first-order valence-electron chi connectivity index (χ1n) is 9.78. The third-order valence-corrected chi connectivity index (χ3v) is 7.62. The number of pyridine rings is 1. The molecule has 10 heteroatoms. The van der Waals surface area contributed by atoms with Crippen LogP contribution in [0.3, 0.4) is 0 Å². The largest absolute Gasteiger partial charge is 0.393 e. The average Bonchev–Trinajstić information content (AvgIpc) is 3.39. The zero-order valence-corrected chi connectivity index (χ0v) is 16.9. The van der Waals surface area contributed by atoms with Crippen LogP contribution in [0.25, 0.3) is 22.1 Å². The second-order valence-corrected chi connectivity index (χ2v) is 9.62. The number of fused-ring (bicyclic) bond motifs is 3. The number of rotatable bonds is 4. The first-order chi connectivity index (χ1) is 14.4. The average molecular weight is 427 g/mol. The highest BCUT2D eigenvalue weighted by Crippen LogP contribution is 2.37. The van der Waals surface area contributed by atoms with E-state index in [4.69, 9.17) is 0 Å². The van der Waals surface area contributed by atoms with Crippen LogP contribution in [0.1, 0.15) is 31.7 Å². The molecule has 0 bridgehead atoms. The van der Waals surface area contributed by atoms with Gasteiger partial charge < -0.3 is 10.2 Å². The fourth-order valence-electron chi connectivity index (χ4n) is 4.19. The number of benzene rings is 1. The lowest BCUT2D eigenvalue weighted by molar-refractivity contribution is -0.0508. The molecule has 0 aliphatic heterocycles. The number of nitrogens with zero attached hydrogens (tertiary/aromatic N) is 5. The monoisotopic (exact) mass is 427 g/mol. The van der Waals surface area contributed by atoms with Crippen LogP contribution >= 0.6 is 0 Å². The molecule has 0 saturated heterocycles. The number of aromatic nitrogens is 5. The van der Waals surface area contributed by atoms with Crippen molar-refractivity contribution in [3.05, 3.63) is 48.8 Å². The van der Waals surface area contributed by atoms with Gasteiger partial charge in [0.05, 0.1) is 29.3 Å². The Morgan fingerprint density at radius 3 is 2.57 bits per heavy atom. The maximum atomic E-state index is 13.1. The standard InChI is InChI=1S/C20H21N5O4S/c26-13-20(27)9-6-14(7-10-20)25-18-16-8-11-24(19(16)21-12-17(18)22-23-25)30(28,29)15-4-2-1-3-5-15/h1-5,8,11-12,14,26-27H,6-7,9-10,13H2. The van der Waals surface area contributed by atoms with Crippen LogP contribution in [-0.4, -0.2) is 54.8 Å². The van der Waals surface area contributed by atoms with Crippen molar-refractivity contribution in [3.63, 3.8) is 0 Å². The van der Waals surface area contributed by atoms with Gasteiger partial charge in [-0.05, 0) is 43.9 Å². The van der Waals surface area contributed by atoms with Gasteiger partial charge in [-0.25, -0.2) is 22.1 Å². The van der Waals surface area contributed by atoms with Crippen molar-refractivity contribution in [2.24, 2.45) is 0 Å². The van der Waals surface area contributed by atoms with Crippen LogP contribution < -0.4 is 0 Å². The molecule has 1 aromatic carbocycles. The summed E-state index contributed by atoms with van der Waals surface area (Å²) in [5.74, 6) is 0. The van der Waals surface area contributed by atoms with E-state index < -0.39 is 15.6 Å². The van der Waals surface area contributed by atoms with E-state index in [0.717, 1.165) is 5.52 Å². The lowest BCUT2D eigenvalue weighted by Crippen LogP contribution is -2.38. The molecule has 30 heavy (non-hydrogen) atoms. The SMILES string of the molecule is O=S(=O)(c1ccccc1)n1ccc2c1ncc1nnn(C3CCC(O)(CO)CC3)c12. The molecule has 4 aromatic rings. The summed E-state index contributed by atoms with van der Waals surface area (Å²) in [6, 6.07) is 9.95. The summed E-state index contributed by atoms with van der Waals surface area (Å²) in [6.45, 7) is -0.258. The lowest BCUT2D eigenvalue weighted by Gasteiger charge is -2.34. The van der Waals surface area contributed by atoms with E-state index in [1.54, 1.807) is 41.1 Å².